The van der Waals surface area contributed by atoms with Crippen LogP contribution in [0.15, 0.2) is 47.6 Å². The number of hydrogen-bond donors (Lipinski definition) is 2. The van der Waals surface area contributed by atoms with Crippen molar-refractivity contribution in [3.05, 3.63) is 53.1 Å². The quantitative estimate of drug-likeness (QED) is 0.266. The van der Waals surface area contributed by atoms with Crippen LogP contribution in [0, 0.1) is 17.8 Å². The van der Waals surface area contributed by atoms with Crippen molar-refractivity contribution in [1.29, 1.82) is 0 Å². The van der Waals surface area contributed by atoms with E-state index < -0.39 is 36.4 Å². The Morgan fingerprint density at radius 2 is 1.59 bits per heavy atom. The van der Waals surface area contributed by atoms with Crippen LogP contribution >= 0.6 is 0 Å². The van der Waals surface area contributed by atoms with Crippen LogP contribution in [0.2, 0.25) is 0 Å². The number of anilines is 1. The summed E-state index contributed by atoms with van der Waals surface area (Å²) in [6.07, 6.45) is 4.28. The molecule has 0 aromatic heterocycles. The molecule has 1 aliphatic rings. The van der Waals surface area contributed by atoms with Crippen LogP contribution < -0.4 is 20.5 Å². The first-order valence-corrected chi connectivity index (χ1v) is 15.2. The van der Waals surface area contributed by atoms with E-state index in [4.69, 9.17) is 34.2 Å². The van der Waals surface area contributed by atoms with Gasteiger partial charge in [-0.1, -0.05) is 58.9 Å². The normalized spacial score (nSPS) is 28.8. The largest absolute Gasteiger partial charge is 0.441 e. The number of nitrogens with two attached hydrogens (primary N) is 1. The van der Waals surface area contributed by atoms with Gasteiger partial charge in [-0.3, -0.25) is 14.4 Å². The minimum Gasteiger partial charge on any atom is -0.441 e. The molecule has 3 N–H and O–H groups in total. The number of carbonyl (C=O) groups excluding carboxylic acids is 4. The highest BCUT2D eigenvalue weighted by Gasteiger charge is 2.33. The number of benzene rings is 1. The second-order valence-corrected chi connectivity index (χ2v) is 10.8. The van der Waals surface area contributed by atoms with Gasteiger partial charge in [0.2, 0.25) is 0 Å². The van der Waals surface area contributed by atoms with Gasteiger partial charge in [-0.15, -0.1) is 0 Å². The number of allylic oxidation sites excluding steroid dienone is 2. The number of carbonyl (C=O) groups is 4. The number of fused-ring (bicyclic) bond motifs is 2. The molecular formula is C34H50N2O10. The lowest BCUT2D eigenvalue weighted by atomic mass is 9.86. The van der Waals surface area contributed by atoms with Gasteiger partial charge >= 0.3 is 6.09 Å². The third-order valence-corrected chi connectivity index (χ3v) is 7.64. The minimum atomic E-state index is -0.911. The summed E-state index contributed by atoms with van der Waals surface area (Å²) in [5.74, 6) is -1.15. The summed E-state index contributed by atoms with van der Waals surface area (Å²) in [6, 6.07) is 2.90. The summed E-state index contributed by atoms with van der Waals surface area (Å²) < 4.78 is 33.7. The fourth-order valence-electron chi connectivity index (χ4n) is 5.57. The van der Waals surface area contributed by atoms with Crippen LogP contribution in [0.25, 0.3) is 0 Å². The zero-order valence-corrected chi connectivity index (χ0v) is 28.5. The predicted molar refractivity (Wildman–Crippen MR) is 174 cm³/mol. The Balaban J connectivity index is 0.00000518. The Bertz CT molecular complexity index is 1260. The summed E-state index contributed by atoms with van der Waals surface area (Å²) in [6.45, 7) is 13.7. The molecule has 0 aliphatic carbocycles. The molecular weight excluding hydrogens is 596 g/mol. The zero-order valence-electron chi connectivity index (χ0n) is 28.5. The van der Waals surface area contributed by atoms with Crippen molar-refractivity contribution in [2.24, 2.45) is 23.5 Å². The number of methoxy groups -OCH3 is 3. The zero-order chi connectivity index (χ0) is 35.0. The average Bonchev–Trinajstić information content (AvgIpc) is 3.01. The first kappa shape index (κ1) is 40.0. The molecule has 7 unspecified atom stereocenters. The molecule has 1 aromatic rings. The molecule has 1 aromatic carbocycles. The van der Waals surface area contributed by atoms with E-state index in [-0.39, 0.29) is 47.9 Å². The molecule has 0 fully saturated rings. The number of amides is 2. The topological polar surface area (TPSA) is 162 Å². The Morgan fingerprint density at radius 3 is 2.13 bits per heavy atom. The Labute approximate surface area is 272 Å². The van der Waals surface area contributed by atoms with Crippen LogP contribution in [0.5, 0.6) is 11.5 Å². The van der Waals surface area contributed by atoms with Crippen molar-refractivity contribution in [1.82, 2.24) is 0 Å². The van der Waals surface area contributed by atoms with Gasteiger partial charge in [0.05, 0.1) is 24.0 Å². The van der Waals surface area contributed by atoms with E-state index in [1.807, 2.05) is 47.6 Å². The monoisotopic (exact) mass is 646 g/mol. The maximum absolute atomic E-state index is 13.2. The second kappa shape index (κ2) is 20.2. The highest BCUT2D eigenvalue weighted by Crippen LogP contribution is 2.43. The van der Waals surface area contributed by atoms with E-state index >= 15 is 0 Å². The van der Waals surface area contributed by atoms with Crippen molar-refractivity contribution < 1.29 is 47.6 Å². The second-order valence-electron chi connectivity index (χ2n) is 10.8. The molecule has 2 bridgehead atoms. The van der Waals surface area contributed by atoms with Gasteiger partial charge in [0.1, 0.15) is 11.9 Å². The molecule has 12 nitrogen and oxygen atoms in total. The van der Waals surface area contributed by atoms with Gasteiger partial charge in [0.15, 0.2) is 5.75 Å². The summed E-state index contributed by atoms with van der Waals surface area (Å²) in [7, 11) is 4.67. The lowest BCUT2D eigenvalue weighted by Gasteiger charge is -2.33. The molecule has 0 radical (unpaired) electrons. The van der Waals surface area contributed by atoms with Crippen molar-refractivity contribution in [3.63, 3.8) is 0 Å². The van der Waals surface area contributed by atoms with Crippen molar-refractivity contribution in [2.45, 2.75) is 79.3 Å². The van der Waals surface area contributed by atoms with E-state index in [2.05, 4.69) is 5.32 Å². The third-order valence-electron chi connectivity index (χ3n) is 7.64. The number of hydrogen-bond acceptors (Lipinski definition) is 10. The minimum absolute atomic E-state index is 0.0378. The van der Waals surface area contributed by atoms with E-state index in [1.165, 1.54) is 19.2 Å². The van der Waals surface area contributed by atoms with Crippen LogP contribution in [0.3, 0.4) is 0 Å². The van der Waals surface area contributed by atoms with E-state index in [1.54, 1.807) is 39.4 Å². The van der Waals surface area contributed by atoms with Crippen molar-refractivity contribution in [2.75, 3.05) is 26.6 Å². The molecule has 1 heterocycles. The van der Waals surface area contributed by atoms with Crippen LogP contribution in [-0.2, 0) is 33.3 Å². The lowest BCUT2D eigenvalue weighted by molar-refractivity contribution is -0.121. The number of primary amides is 1. The first-order valence-electron chi connectivity index (χ1n) is 15.2. The highest BCUT2D eigenvalue weighted by atomic mass is 16.6. The summed E-state index contributed by atoms with van der Waals surface area (Å²) in [5.41, 5.74) is 6.94. The summed E-state index contributed by atoms with van der Waals surface area (Å²) >= 11 is 0. The fraction of sp³-hybridized carbons (Fsp3) is 0.529. The Hall–Kier alpha value is -4.00. The van der Waals surface area contributed by atoms with E-state index in [9.17, 15) is 19.2 Å². The van der Waals surface area contributed by atoms with Crippen molar-refractivity contribution in [3.8, 4) is 11.5 Å². The molecule has 256 valence electrons. The fourth-order valence-corrected chi connectivity index (χ4v) is 5.57. The van der Waals surface area contributed by atoms with Crippen LogP contribution in [-0.4, -0.2) is 64.6 Å². The third kappa shape index (κ3) is 11.1. The van der Waals surface area contributed by atoms with Gasteiger partial charge in [0.25, 0.3) is 18.9 Å². The smallest absolute Gasteiger partial charge is 0.405 e. The van der Waals surface area contributed by atoms with Gasteiger partial charge in [-0.2, -0.15) is 0 Å². The number of rotatable bonds is 8. The SMILES string of the molecule is CC.COC1CC(C)C(OC)c2cc(OC=O)cc(c2OC=O)NC(=O)/C(C)=C/C=C\C(C)C(OC(N)=O)/C(C)=C/C(C)C1OC. The molecule has 0 spiro atoms. The maximum Gasteiger partial charge on any atom is 0.405 e. The standard InChI is InChI=1S/C32H44N2O10.C2H6/c1-18-10-9-11-19(2)31(37)34-25-15-23(42-16-35)14-24(30(25)43-17-36)28(40-7)22(5)13-26(39-6)29(41-8)21(4)12-20(3)27(18)44-32(33)38;1-2/h9-12,14-18,21-22,26-29H,13H2,1-8H3,(H2,33,38)(H,34,37);1-2H3/b10-9-,19-11+,20-12+;. The molecule has 46 heavy (non-hydrogen) atoms. The summed E-state index contributed by atoms with van der Waals surface area (Å²) in [5, 5.41) is 2.74. The molecule has 1 aliphatic heterocycles. The average molecular weight is 647 g/mol. The molecule has 12 heteroatoms. The summed E-state index contributed by atoms with van der Waals surface area (Å²) in [4.78, 5) is 47.9. The Morgan fingerprint density at radius 1 is 0.935 bits per heavy atom. The molecule has 2 rings (SSSR count). The van der Waals surface area contributed by atoms with Crippen LogP contribution in [0.4, 0.5) is 10.5 Å². The Kier molecular flexibility index (Phi) is 17.6. The van der Waals surface area contributed by atoms with Crippen molar-refractivity contribution >= 4 is 30.6 Å². The highest BCUT2D eigenvalue weighted by molar-refractivity contribution is 6.04. The van der Waals surface area contributed by atoms with E-state index in [0.29, 0.717) is 17.6 Å². The maximum atomic E-state index is 13.2. The van der Waals surface area contributed by atoms with E-state index in [0.717, 1.165) is 5.57 Å². The predicted octanol–water partition coefficient (Wildman–Crippen LogP) is 5.66. The molecule has 0 saturated heterocycles. The molecule has 0 saturated carbocycles. The number of nitrogens with one attached hydrogen (secondary N) is 1. The van der Waals surface area contributed by atoms with Gasteiger partial charge in [-0.05, 0) is 37.8 Å². The lowest BCUT2D eigenvalue weighted by Crippen LogP contribution is -2.37. The van der Waals surface area contributed by atoms with Gasteiger partial charge < -0.3 is 39.5 Å². The first-order chi connectivity index (χ1) is 21.9. The molecule has 7 atom stereocenters. The van der Waals surface area contributed by atoms with Crippen LogP contribution in [0.1, 0.15) is 66.6 Å². The molecule has 2 amide bonds. The number of ether oxygens (including phenoxy) is 6. The van der Waals surface area contributed by atoms with Gasteiger partial charge in [0, 0.05) is 50.4 Å². The van der Waals surface area contributed by atoms with Gasteiger partial charge in [-0.25, -0.2) is 4.79 Å².